The fraction of sp³-hybridized carbons (Fsp3) is 0.667. The maximum absolute atomic E-state index is 11.1. The molecule has 1 rings (SSSR count). The Labute approximate surface area is 90.4 Å². The number of primary sulfonamides is 1. The van der Waals surface area contributed by atoms with Gasteiger partial charge in [0.25, 0.3) is 10.0 Å². The molecule has 0 aliphatic rings. The molecule has 0 radical (unpaired) electrons. The minimum atomic E-state index is -3.70. The maximum Gasteiger partial charge on any atom is 0.257 e. The molecule has 0 amide bonds. The van der Waals surface area contributed by atoms with Crippen LogP contribution in [-0.4, -0.2) is 18.0 Å². The number of aromatic nitrogens is 2. The van der Waals surface area contributed by atoms with E-state index < -0.39 is 10.0 Å². The molecule has 1 aromatic rings. The molecule has 0 saturated heterocycles. The Morgan fingerprint density at radius 3 is 2.13 bits per heavy atom. The van der Waals surface area contributed by atoms with E-state index in [4.69, 9.17) is 5.14 Å². The molecule has 0 aliphatic heterocycles. The summed E-state index contributed by atoms with van der Waals surface area (Å²) in [6.45, 7) is 7.88. The molecule has 15 heavy (non-hydrogen) atoms. The largest absolute Gasteiger partial charge is 0.331 e. The summed E-state index contributed by atoms with van der Waals surface area (Å²) in [6, 6.07) is 0.172. The average Bonchev–Trinajstić information content (AvgIpc) is 2.45. The summed E-state index contributed by atoms with van der Waals surface area (Å²) in [5, 5.41) is 4.98. The molecule has 0 unspecified atom stereocenters. The predicted molar refractivity (Wildman–Crippen MR) is 58.1 cm³/mol. The minimum absolute atomic E-state index is 0.0556. The topological polar surface area (TPSA) is 78.0 Å². The first kappa shape index (κ1) is 12.2. The molecule has 0 fully saturated rings. The molecule has 5 nitrogen and oxygen atoms in total. The highest BCUT2D eigenvalue weighted by Gasteiger charge is 2.19. The zero-order valence-electron chi connectivity index (χ0n) is 9.43. The molecular weight excluding hydrogens is 214 g/mol. The van der Waals surface area contributed by atoms with Crippen LogP contribution in [0.25, 0.3) is 0 Å². The van der Waals surface area contributed by atoms with E-state index in [1.54, 1.807) is 0 Å². The first-order chi connectivity index (χ1) is 6.73. The lowest BCUT2D eigenvalue weighted by atomic mass is 10.2. The number of nitrogens with two attached hydrogens (primary N) is 1. The summed E-state index contributed by atoms with van der Waals surface area (Å²) in [7, 11) is -3.70. The smallest absolute Gasteiger partial charge is 0.257 e. The van der Waals surface area contributed by atoms with Crippen LogP contribution in [0, 0.1) is 0 Å². The van der Waals surface area contributed by atoms with Gasteiger partial charge in [-0.05, 0) is 13.8 Å². The van der Waals surface area contributed by atoms with Gasteiger partial charge in [0, 0.05) is 18.2 Å². The standard InChI is InChI=1S/C9H17N3O2S/c1-6(2)9-11-8(15(10,13)14)5-12(9)7(3)4/h5-7H,1-4H3,(H2,10,13,14). The van der Waals surface area contributed by atoms with Crippen LogP contribution < -0.4 is 5.14 Å². The van der Waals surface area contributed by atoms with E-state index in [-0.39, 0.29) is 17.0 Å². The van der Waals surface area contributed by atoms with Gasteiger partial charge >= 0.3 is 0 Å². The van der Waals surface area contributed by atoms with Gasteiger partial charge in [-0.1, -0.05) is 13.8 Å². The van der Waals surface area contributed by atoms with Gasteiger partial charge in [-0.25, -0.2) is 18.5 Å². The van der Waals surface area contributed by atoms with E-state index in [1.807, 2.05) is 32.3 Å². The van der Waals surface area contributed by atoms with Crippen LogP contribution in [0.15, 0.2) is 11.2 Å². The van der Waals surface area contributed by atoms with E-state index in [0.29, 0.717) is 0 Å². The third kappa shape index (κ3) is 2.57. The molecule has 0 saturated carbocycles. The predicted octanol–water partition coefficient (Wildman–Crippen LogP) is 1.23. The molecule has 2 N–H and O–H groups in total. The van der Waals surface area contributed by atoms with Crippen molar-refractivity contribution in [2.75, 3.05) is 0 Å². The minimum Gasteiger partial charge on any atom is -0.331 e. The number of nitrogens with zero attached hydrogens (tertiary/aromatic N) is 2. The summed E-state index contributed by atoms with van der Waals surface area (Å²) in [5.74, 6) is 0.914. The van der Waals surface area contributed by atoms with Gasteiger partial charge < -0.3 is 4.57 Å². The van der Waals surface area contributed by atoms with Gasteiger partial charge in [-0.3, -0.25) is 0 Å². The molecular formula is C9H17N3O2S. The number of hydrogen-bond acceptors (Lipinski definition) is 3. The van der Waals surface area contributed by atoms with E-state index in [9.17, 15) is 8.42 Å². The van der Waals surface area contributed by atoms with Gasteiger partial charge in [-0.15, -0.1) is 0 Å². The second kappa shape index (κ2) is 3.94. The van der Waals surface area contributed by atoms with E-state index in [1.165, 1.54) is 6.20 Å². The Balaban J connectivity index is 3.34. The van der Waals surface area contributed by atoms with Crippen molar-refractivity contribution in [2.45, 2.75) is 44.7 Å². The van der Waals surface area contributed by atoms with Crippen molar-refractivity contribution in [1.82, 2.24) is 9.55 Å². The molecule has 1 heterocycles. The van der Waals surface area contributed by atoms with Crippen molar-refractivity contribution in [2.24, 2.45) is 5.14 Å². The monoisotopic (exact) mass is 231 g/mol. The van der Waals surface area contributed by atoms with Gasteiger partial charge in [0.2, 0.25) is 0 Å². The van der Waals surface area contributed by atoms with Crippen LogP contribution in [0.4, 0.5) is 0 Å². The third-order valence-corrected chi connectivity index (χ3v) is 2.88. The molecule has 86 valence electrons. The number of hydrogen-bond donors (Lipinski definition) is 1. The van der Waals surface area contributed by atoms with E-state index in [0.717, 1.165) is 5.82 Å². The van der Waals surface area contributed by atoms with Gasteiger partial charge in [0.05, 0.1) is 0 Å². The Bertz CT molecular complexity index is 420. The maximum atomic E-state index is 11.1. The Morgan fingerprint density at radius 1 is 1.33 bits per heavy atom. The Morgan fingerprint density at radius 2 is 1.87 bits per heavy atom. The normalized spacial score (nSPS) is 12.7. The summed E-state index contributed by atoms with van der Waals surface area (Å²) >= 11 is 0. The fourth-order valence-corrected chi connectivity index (χ4v) is 1.84. The van der Waals surface area contributed by atoms with Crippen molar-refractivity contribution < 1.29 is 8.42 Å². The van der Waals surface area contributed by atoms with Crippen molar-refractivity contribution in [3.63, 3.8) is 0 Å². The molecule has 0 aromatic carbocycles. The van der Waals surface area contributed by atoms with Gasteiger partial charge in [-0.2, -0.15) is 0 Å². The third-order valence-electron chi connectivity index (χ3n) is 2.10. The molecule has 0 aliphatic carbocycles. The summed E-state index contributed by atoms with van der Waals surface area (Å²) in [6.07, 6.45) is 1.50. The van der Waals surface area contributed by atoms with E-state index in [2.05, 4.69) is 4.98 Å². The van der Waals surface area contributed by atoms with Crippen LogP contribution >= 0.6 is 0 Å². The molecule has 6 heteroatoms. The first-order valence-electron chi connectivity index (χ1n) is 4.85. The lowest BCUT2D eigenvalue weighted by molar-refractivity contribution is 0.550. The van der Waals surface area contributed by atoms with Crippen molar-refractivity contribution in [3.05, 3.63) is 12.0 Å². The second-order valence-corrected chi connectivity index (χ2v) is 5.65. The van der Waals surface area contributed by atoms with E-state index >= 15 is 0 Å². The lowest BCUT2D eigenvalue weighted by Gasteiger charge is -2.12. The molecule has 0 bridgehead atoms. The molecule has 0 atom stereocenters. The zero-order valence-corrected chi connectivity index (χ0v) is 10.2. The van der Waals surface area contributed by atoms with Crippen molar-refractivity contribution in [3.8, 4) is 0 Å². The van der Waals surface area contributed by atoms with Crippen LogP contribution in [0.2, 0.25) is 0 Å². The highest BCUT2D eigenvalue weighted by atomic mass is 32.2. The number of rotatable bonds is 3. The van der Waals surface area contributed by atoms with Crippen LogP contribution in [0.3, 0.4) is 0 Å². The number of imidazole rings is 1. The second-order valence-electron chi connectivity index (χ2n) is 4.14. The highest BCUT2D eigenvalue weighted by molar-refractivity contribution is 7.89. The highest BCUT2D eigenvalue weighted by Crippen LogP contribution is 2.20. The molecule has 1 aromatic heterocycles. The summed E-state index contributed by atoms with van der Waals surface area (Å²) in [4.78, 5) is 4.05. The Hall–Kier alpha value is -0.880. The SMILES string of the molecule is CC(C)c1nc(S(N)(=O)=O)cn1C(C)C. The Kier molecular flexibility index (Phi) is 3.20. The molecule has 0 spiro atoms. The lowest BCUT2D eigenvalue weighted by Crippen LogP contribution is -2.12. The van der Waals surface area contributed by atoms with Crippen molar-refractivity contribution in [1.29, 1.82) is 0 Å². The van der Waals surface area contributed by atoms with Crippen LogP contribution in [-0.2, 0) is 10.0 Å². The van der Waals surface area contributed by atoms with Gasteiger partial charge in [0.1, 0.15) is 5.82 Å². The van der Waals surface area contributed by atoms with Crippen LogP contribution in [0.1, 0.15) is 45.5 Å². The first-order valence-corrected chi connectivity index (χ1v) is 6.39. The van der Waals surface area contributed by atoms with Crippen molar-refractivity contribution >= 4 is 10.0 Å². The summed E-state index contributed by atoms with van der Waals surface area (Å²) < 4.78 is 24.1. The zero-order chi connectivity index (χ0) is 11.8. The fourth-order valence-electron chi connectivity index (χ4n) is 1.36. The van der Waals surface area contributed by atoms with Gasteiger partial charge in [0.15, 0.2) is 5.03 Å². The quantitative estimate of drug-likeness (QED) is 0.850. The van der Waals surface area contributed by atoms with Crippen LogP contribution in [0.5, 0.6) is 0 Å². The summed E-state index contributed by atoms with van der Waals surface area (Å²) in [5.41, 5.74) is 0. The average molecular weight is 231 g/mol. The number of sulfonamides is 1.